The number of carboxylic acids is 1. The number of Topliss-reactive ketones (excluding diaryl/α,β-unsaturated/α-hetero) is 1. The molecule has 2 aromatic rings. The van der Waals surface area contributed by atoms with Crippen LogP contribution in [0, 0.1) is 5.92 Å². The number of amides is 2. The van der Waals surface area contributed by atoms with E-state index in [1.165, 1.54) is 4.90 Å². The molecule has 156 valence electrons. The first-order valence-electron chi connectivity index (χ1n) is 9.29. The quantitative estimate of drug-likeness (QED) is 0.648. The summed E-state index contributed by atoms with van der Waals surface area (Å²) in [7, 11) is 1.60. The fourth-order valence-electron chi connectivity index (χ4n) is 3.17. The molecule has 0 spiro atoms. The van der Waals surface area contributed by atoms with Crippen LogP contribution in [0.25, 0.3) is 11.1 Å². The van der Waals surface area contributed by atoms with E-state index in [9.17, 15) is 19.2 Å². The molecule has 30 heavy (non-hydrogen) atoms. The highest BCUT2D eigenvalue weighted by Crippen LogP contribution is 2.23. The molecule has 2 N–H and O–H groups in total. The monoisotopic (exact) mass is 411 g/mol. The Labute approximate surface area is 172 Å². The van der Waals surface area contributed by atoms with E-state index < -0.39 is 36.0 Å². The van der Waals surface area contributed by atoms with E-state index in [0.717, 1.165) is 16.9 Å². The van der Waals surface area contributed by atoms with Crippen LogP contribution in [-0.4, -0.2) is 58.8 Å². The molecule has 1 fully saturated rings. The second-order valence-corrected chi connectivity index (χ2v) is 6.79. The van der Waals surface area contributed by atoms with Gasteiger partial charge in [-0.05, 0) is 23.8 Å². The molecule has 1 aliphatic rings. The lowest BCUT2D eigenvalue weighted by Crippen LogP contribution is -2.52. The van der Waals surface area contributed by atoms with Crippen LogP contribution in [-0.2, 0) is 25.7 Å². The van der Waals surface area contributed by atoms with Crippen molar-refractivity contribution in [3.63, 3.8) is 0 Å². The molecule has 0 radical (unpaired) electrons. The van der Waals surface area contributed by atoms with E-state index in [1.807, 2.05) is 30.3 Å². The molecule has 0 bridgehead atoms. The maximum absolute atomic E-state index is 12.6. The number of carbonyl (C=O) groups excluding carboxylic acids is 3. The van der Waals surface area contributed by atoms with Crippen molar-refractivity contribution in [2.45, 2.75) is 13.0 Å². The third kappa shape index (κ3) is 4.80. The van der Waals surface area contributed by atoms with E-state index in [4.69, 9.17) is 9.84 Å². The topological polar surface area (TPSA) is 126 Å². The van der Waals surface area contributed by atoms with Crippen LogP contribution >= 0.6 is 0 Å². The maximum atomic E-state index is 12.6. The van der Waals surface area contributed by atoms with Gasteiger partial charge in [0.05, 0.1) is 19.3 Å². The number of piperidine rings is 1. The molecular formula is C21H21N3O6. The molecule has 2 heterocycles. The molecule has 1 aromatic carbocycles. The van der Waals surface area contributed by atoms with Gasteiger partial charge >= 0.3 is 5.97 Å². The van der Waals surface area contributed by atoms with Gasteiger partial charge in [0.2, 0.25) is 11.8 Å². The first-order valence-corrected chi connectivity index (χ1v) is 9.29. The number of aliphatic carboxylic acids is 1. The lowest BCUT2D eigenvalue weighted by atomic mass is 9.94. The highest BCUT2D eigenvalue weighted by atomic mass is 16.5. The summed E-state index contributed by atoms with van der Waals surface area (Å²) in [5.74, 6) is -4.06. The summed E-state index contributed by atoms with van der Waals surface area (Å²) in [4.78, 5) is 53.2. The Morgan fingerprint density at radius 2 is 1.87 bits per heavy atom. The molecular weight excluding hydrogens is 390 g/mol. The Bertz CT molecular complexity index is 956. The number of carboxylic acid groups (broad SMARTS) is 1. The minimum atomic E-state index is -1.52. The van der Waals surface area contributed by atoms with Gasteiger partial charge in [0, 0.05) is 24.7 Å². The number of ketones is 1. The largest absolute Gasteiger partial charge is 0.497 e. The number of ether oxygens (including phenoxy) is 1. The van der Waals surface area contributed by atoms with Gasteiger partial charge in [-0.25, -0.2) is 0 Å². The molecule has 3 rings (SSSR count). The average Bonchev–Trinajstić information content (AvgIpc) is 2.75. The predicted octanol–water partition coefficient (Wildman–Crippen LogP) is 0.876. The number of nitrogens with one attached hydrogen (secondary N) is 1. The number of methoxy groups -OCH3 is 1. The first kappa shape index (κ1) is 21.0. The molecule has 1 aromatic heterocycles. The number of aromatic nitrogens is 1. The minimum Gasteiger partial charge on any atom is -0.497 e. The predicted molar refractivity (Wildman–Crippen MR) is 105 cm³/mol. The fourth-order valence-corrected chi connectivity index (χ4v) is 3.17. The number of likely N-dealkylation sites (tertiary alicyclic amines) is 1. The minimum absolute atomic E-state index is 0.0286. The first-order chi connectivity index (χ1) is 14.4. The van der Waals surface area contributed by atoms with E-state index in [2.05, 4.69) is 10.3 Å². The second-order valence-electron chi connectivity index (χ2n) is 6.79. The van der Waals surface area contributed by atoms with Gasteiger partial charge in [0.15, 0.2) is 11.7 Å². The summed E-state index contributed by atoms with van der Waals surface area (Å²) in [5.41, 5.74) is 2.47. The van der Waals surface area contributed by atoms with Crippen LogP contribution in [0.5, 0.6) is 5.75 Å². The molecule has 1 saturated heterocycles. The fraction of sp³-hybridized carbons (Fsp3) is 0.286. The second kappa shape index (κ2) is 9.17. The zero-order valence-electron chi connectivity index (χ0n) is 16.3. The van der Waals surface area contributed by atoms with E-state index >= 15 is 0 Å². The Morgan fingerprint density at radius 1 is 1.17 bits per heavy atom. The number of pyridine rings is 1. The van der Waals surface area contributed by atoms with Crippen LogP contribution in [0.4, 0.5) is 0 Å². The van der Waals surface area contributed by atoms with Gasteiger partial charge in [-0.2, -0.15) is 0 Å². The van der Waals surface area contributed by atoms with Crippen LogP contribution in [0.15, 0.2) is 42.6 Å². The van der Waals surface area contributed by atoms with Crippen molar-refractivity contribution in [3.05, 3.63) is 48.3 Å². The molecule has 0 aliphatic carbocycles. The lowest BCUT2D eigenvalue weighted by Gasteiger charge is -2.30. The summed E-state index contributed by atoms with van der Waals surface area (Å²) in [5, 5.41) is 10.8. The van der Waals surface area contributed by atoms with E-state index in [1.54, 1.807) is 19.4 Å². The molecule has 1 atom stereocenters. The number of hydrogen-bond acceptors (Lipinski definition) is 6. The molecule has 9 nitrogen and oxygen atoms in total. The van der Waals surface area contributed by atoms with Crippen molar-refractivity contribution in [2.75, 3.05) is 20.2 Å². The number of rotatable bonds is 7. The number of benzene rings is 1. The molecule has 1 aliphatic heterocycles. The third-order valence-electron chi connectivity index (χ3n) is 4.79. The SMILES string of the molecule is COc1ccc(-c2ccc(CN3CCC(=O)C(C(=O)NCC(=O)O)C3=O)nc2)cc1. The maximum Gasteiger partial charge on any atom is 0.322 e. The zero-order chi connectivity index (χ0) is 21.7. The molecule has 0 saturated carbocycles. The van der Waals surface area contributed by atoms with Gasteiger partial charge in [-0.1, -0.05) is 18.2 Å². The van der Waals surface area contributed by atoms with Gasteiger partial charge < -0.3 is 20.1 Å². The van der Waals surface area contributed by atoms with Crippen molar-refractivity contribution < 1.29 is 29.0 Å². The summed E-state index contributed by atoms with van der Waals surface area (Å²) in [6.07, 6.45) is 1.72. The van der Waals surface area contributed by atoms with Gasteiger partial charge in [-0.15, -0.1) is 0 Å². The van der Waals surface area contributed by atoms with Crippen molar-refractivity contribution in [2.24, 2.45) is 5.92 Å². The van der Waals surface area contributed by atoms with Gasteiger partial charge in [-0.3, -0.25) is 24.2 Å². The Kier molecular flexibility index (Phi) is 6.41. The highest BCUT2D eigenvalue weighted by Gasteiger charge is 2.40. The Hall–Kier alpha value is -3.75. The average molecular weight is 411 g/mol. The normalized spacial score (nSPS) is 16.3. The van der Waals surface area contributed by atoms with E-state index in [-0.39, 0.29) is 19.5 Å². The number of nitrogens with zero attached hydrogens (tertiary/aromatic N) is 2. The molecule has 9 heteroatoms. The Balaban J connectivity index is 1.67. The lowest BCUT2D eigenvalue weighted by molar-refractivity contribution is -0.152. The van der Waals surface area contributed by atoms with Crippen LogP contribution < -0.4 is 10.1 Å². The number of carbonyl (C=O) groups is 4. The molecule has 2 amide bonds. The smallest absolute Gasteiger partial charge is 0.322 e. The summed E-state index contributed by atoms with van der Waals surface area (Å²) in [6.45, 7) is -0.315. The van der Waals surface area contributed by atoms with Gasteiger partial charge in [0.25, 0.3) is 0 Å². The van der Waals surface area contributed by atoms with Crippen molar-refractivity contribution in [3.8, 4) is 16.9 Å². The molecule has 1 unspecified atom stereocenters. The summed E-state index contributed by atoms with van der Waals surface area (Å²) < 4.78 is 5.14. The third-order valence-corrected chi connectivity index (χ3v) is 4.79. The van der Waals surface area contributed by atoms with Gasteiger partial charge in [0.1, 0.15) is 12.3 Å². The Morgan fingerprint density at radius 3 is 2.47 bits per heavy atom. The van der Waals surface area contributed by atoms with Crippen LogP contribution in [0.3, 0.4) is 0 Å². The summed E-state index contributed by atoms with van der Waals surface area (Å²) in [6, 6.07) is 11.2. The van der Waals surface area contributed by atoms with Crippen molar-refractivity contribution in [1.29, 1.82) is 0 Å². The van der Waals surface area contributed by atoms with E-state index in [0.29, 0.717) is 5.69 Å². The van der Waals surface area contributed by atoms with Crippen molar-refractivity contribution in [1.82, 2.24) is 15.2 Å². The summed E-state index contributed by atoms with van der Waals surface area (Å²) >= 11 is 0. The zero-order valence-corrected chi connectivity index (χ0v) is 16.3. The number of hydrogen-bond donors (Lipinski definition) is 2. The van der Waals surface area contributed by atoms with Crippen LogP contribution in [0.2, 0.25) is 0 Å². The standard InChI is InChI=1S/C21H21N3O6/c1-30-16-6-3-13(4-7-16)14-2-5-15(22-10-14)12-24-9-8-17(25)19(21(24)29)20(28)23-11-18(26)27/h2-7,10,19H,8-9,11-12H2,1H3,(H,23,28)(H,26,27). The van der Waals surface area contributed by atoms with Crippen LogP contribution in [0.1, 0.15) is 12.1 Å². The van der Waals surface area contributed by atoms with Crippen molar-refractivity contribution >= 4 is 23.6 Å². The highest BCUT2D eigenvalue weighted by molar-refractivity contribution is 6.19.